The van der Waals surface area contributed by atoms with E-state index in [0.29, 0.717) is 12.5 Å². The maximum atomic E-state index is 5.74. The highest BCUT2D eigenvalue weighted by molar-refractivity contribution is 5.90. The van der Waals surface area contributed by atoms with Gasteiger partial charge >= 0.3 is 0 Å². The molecule has 0 bridgehead atoms. The van der Waals surface area contributed by atoms with Crippen molar-refractivity contribution in [2.45, 2.75) is 19.9 Å². The predicted molar refractivity (Wildman–Crippen MR) is 67.5 cm³/mol. The van der Waals surface area contributed by atoms with E-state index >= 15 is 0 Å². The molecule has 3 nitrogen and oxygen atoms in total. The van der Waals surface area contributed by atoms with Crippen molar-refractivity contribution in [3.63, 3.8) is 0 Å². The molecule has 86 valence electrons. The molecule has 1 atom stereocenters. The summed E-state index contributed by atoms with van der Waals surface area (Å²) in [5.41, 5.74) is 7.68. The third kappa shape index (κ3) is 2.04. The van der Waals surface area contributed by atoms with Gasteiger partial charge in [-0.1, -0.05) is 26.0 Å². The van der Waals surface area contributed by atoms with Gasteiger partial charge in [0.1, 0.15) is 11.8 Å². The summed E-state index contributed by atoms with van der Waals surface area (Å²) in [5.74, 6) is 0.499. The van der Waals surface area contributed by atoms with E-state index in [2.05, 4.69) is 25.2 Å². The number of benzene rings is 1. The van der Waals surface area contributed by atoms with Crippen molar-refractivity contribution in [3.8, 4) is 0 Å². The van der Waals surface area contributed by atoms with E-state index in [0.717, 1.165) is 16.7 Å². The number of hydrogen-bond acceptors (Lipinski definition) is 3. The molecule has 0 aliphatic heterocycles. The quantitative estimate of drug-likeness (QED) is 0.829. The highest BCUT2D eigenvalue weighted by Gasteiger charge is 2.13. The number of fused-ring (bicyclic) bond motifs is 1. The maximum absolute atomic E-state index is 5.74. The van der Waals surface area contributed by atoms with Gasteiger partial charge in [0.25, 0.3) is 0 Å². The molecule has 0 fully saturated rings. The van der Waals surface area contributed by atoms with Crippen LogP contribution in [-0.4, -0.2) is 12.6 Å². The van der Waals surface area contributed by atoms with E-state index < -0.39 is 0 Å². The number of nitrogens with two attached hydrogens (primary N) is 1. The number of nitrogens with one attached hydrogen (secondary N) is 1. The Kier molecular flexibility index (Phi) is 3.15. The van der Waals surface area contributed by atoms with Crippen molar-refractivity contribution in [2.24, 2.45) is 11.7 Å². The van der Waals surface area contributed by atoms with Crippen LogP contribution in [0.3, 0.4) is 0 Å². The second-order valence-electron chi connectivity index (χ2n) is 4.38. The van der Waals surface area contributed by atoms with Crippen molar-refractivity contribution < 1.29 is 4.42 Å². The highest BCUT2D eigenvalue weighted by atomic mass is 16.3. The van der Waals surface area contributed by atoms with E-state index in [9.17, 15) is 0 Å². The lowest BCUT2D eigenvalue weighted by molar-refractivity contribution is 0.530. The molecule has 0 saturated heterocycles. The molecule has 2 rings (SSSR count). The van der Waals surface area contributed by atoms with Crippen LogP contribution in [0.25, 0.3) is 11.0 Å². The van der Waals surface area contributed by atoms with Gasteiger partial charge in [-0.2, -0.15) is 0 Å². The average molecular weight is 218 g/mol. The number of rotatable bonds is 4. The van der Waals surface area contributed by atoms with E-state index in [1.807, 2.05) is 18.2 Å². The molecular weight excluding hydrogens is 200 g/mol. The van der Waals surface area contributed by atoms with Crippen LogP contribution in [0.5, 0.6) is 0 Å². The van der Waals surface area contributed by atoms with Crippen molar-refractivity contribution in [1.82, 2.24) is 0 Å². The van der Waals surface area contributed by atoms with Gasteiger partial charge in [0.15, 0.2) is 0 Å². The van der Waals surface area contributed by atoms with E-state index in [1.165, 1.54) is 0 Å². The molecule has 0 amide bonds. The van der Waals surface area contributed by atoms with Crippen molar-refractivity contribution in [3.05, 3.63) is 30.5 Å². The molecule has 3 N–H and O–H groups in total. The van der Waals surface area contributed by atoms with Gasteiger partial charge in [0.2, 0.25) is 0 Å². The van der Waals surface area contributed by atoms with Crippen LogP contribution < -0.4 is 11.1 Å². The zero-order valence-corrected chi connectivity index (χ0v) is 9.73. The summed E-state index contributed by atoms with van der Waals surface area (Å²) in [6, 6.07) is 8.28. The monoisotopic (exact) mass is 218 g/mol. The molecule has 1 unspecified atom stereocenters. The topological polar surface area (TPSA) is 51.2 Å². The van der Waals surface area contributed by atoms with Crippen LogP contribution in [0, 0.1) is 5.92 Å². The lowest BCUT2D eigenvalue weighted by atomic mass is 10.0. The number of hydrogen-bond donors (Lipinski definition) is 2. The van der Waals surface area contributed by atoms with Crippen LogP contribution in [0.2, 0.25) is 0 Å². The summed E-state index contributed by atoms with van der Waals surface area (Å²) in [6.45, 7) is 4.94. The summed E-state index contributed by atoms with van der Waals surface area (Å²) in [6.07, 6.45) is 1.76. The van der Waals surface area contributed by atoms with Gasteiger partial charge in [-0.25, -0.2) is 0 Å². The Balaban J connectivity index is 2.27. The van der Waals surface area contributed by atoms with Crippen LogP contribution in [0.15, 0.2) is 34.9 Å². The fourth-order valence-corrected chi connectivity index (χ4v) is 1.79. The van der Waals surface area contributed by atoms with Crippen molar-refractivity contribution in [1.29, 1.82) is 0 Å². The Morgan fingerprint density at radius 3 is 2.75 bits per heavy atom. The summed E-state index contributed by atoms with van der Waals surface area (Å²) in [5, 5.41) is 4.54. The van der Waals surface area contributed by atoms with Crippen molar-refractivity contribution in [2.75, 3.05) is 11.9 Å². The lowest BCUT2D eigenvalue weighted by Gasteiger charge is -2.20. The molecule has 0 spiro atoms. The number of para-hydroxylation sites is 1. The normalized spacial score (nSPS) is 13.2. The fourth-order valence-electron chi connectivity index (χ4n) is 1.79. The SMILES string of the molecule is CC(C)C(CN)Nc1coc2ccccc12. The first-order valence-electron chi connectivity index (χ1n) is 5.65. The van der Waals surface area contributed by atoms with Gasteiger partial charge in [-0.05, 0) is 18.1 Å². The van der Waals surface area contributed by atoms with E-state index in [-0.39, 0.29) is 6.04 Å². The molecule has 2 aromatic rings. The zero-order chi connectivity index (χ0) is 11.5. The van der Waals surface area contributed by atoms with Crippen LogP contribution in [-0.2, 0) is 0 Å². The summed E-state index contributed by atoms with van der Waals surface area (Å²) >= 11 is 0. The van der Waals surface area contributed by atoms with Crippen molar-refractivity contribution >= 4 is 16.7 Å². The molecule has 1 heterocycles. The van der Waals surface area contributed by atoms with E-state index in [4.69, 9.17) is 10.2 Å². The van der Waals surface area contributed by atoms with Gasteiger partial charge in [-0.15, -0.1) is 0 Å². The Labute approximate surface area is 95.6 Å². The van der Waals surface area contributed by atoms with Gasteiger partial charge in [0.05, 0.1) is 5.69 Å². The van der Waals surface area contributed by atoms with Crippen LogP contribution >= 0.6 is 0 Å². The van der Waals surface area contributed by atoms with Gasteiger partial charge < -0.3 is 15.5 Å². The minimum Gasteiger partial charge on any atom is -0.462 e. The van der Waals surface area contributed by atoms with Crippen LogP contribution in [0.1, 0.15) is 13.8 Å². The second kappa shape index (κ2) is 4.58. The summed E-state index contributed by atoms with van der Waals surface area (Å²) < 4.78 is 5.47. The Morgan fingerprint density at radius 2 is 2.06 bits per heavy atom. The minimum atomic E-state index is 0.279. The zero-order valence-electron chi connectivity index (χ0n) is 9.73. The Morgan fingerprint density at radius 1 is 1.31 bits per heavy atom. The largest absolute Gasteiger partial charge is 0.462 e. The number of furan rings is 1. The summed E-state index contributed by atoms with van der Waals surface area (Å²) in [4.78, 5) is 0. The molecule has 3 heteroatoms. The first-order valence-corrected chi connectivity index (χ1v) is 5.65. The average Bonchev–Trinajstić information content (AvgIpc) is 2.69. The van der Waals surface area contributed by atoms with E-state index in [1.54, 1.807) is 6.26 Å². The molecule has 1 aromatic carbocycles. The molecule has 0 saturated carbocycles. The molecule has 0 aliphatic rings. The third-order valence-electron chi connectivity index (χ3n) is 2.88. The number of anilines is 1. The Bertz CT molecular complexity index is 462. The maximum Gasteiger partial charge on any atom is 0.136 e. The molecule has 16 heavy (non-hydrogen) atoms. The highest BCUT2D eigenvalue weighted by Crippen LogP contribution is 2.26. The summed E-state index contributed by atoms with van der Waals surface area (Å²) in [7, 11) is 0. The molecule has 0 aliphatic carbocycles. The van der Waals surface area contributed by atoms with Crippen LogP contribution in [0.4, 0.5) is 5.69 Å². The second-order valence-corrected chi connectivity index (χ2v) is 4.38. The smallest absolute Gasteiger partial charge is 0.136 e. The first-order chi connectivity index (χ1) is 7.72. The minimum absolute atomic E-state index is 0.279. The lowest BCUT2D eigenvalue weighted by Crippen LogP contribution is -2.33. The third-order valence-corrected chi connectivity index (χ3v) is 2.88. The first kappa shape index (κ1) is 11.0. The Hall–Kier alpha value is -1.48. The predicted octanol–water partition coefficient (Wildman–Crippen LogP) is 2.83. The molecule has 1 aromatic heterocycles. The molecular formula is C13H18N2O. The molecule has 0 radical (unpaired) electrons. The van der Waals surface area contributed by atoms with Gasteiger partial charge in [0, 0.05) is 18.0 Å². The van der Waals surface area contributed by atoms with Gasteiger partial charge in [-0.3, -0.25) is 0 Å². The fraction of sp³-hybridized carbons (Fsp3) is 0.385. The standard InChI is InChI=1S/C13H18N2O/c1-9(2)11(7-14)15-12-8-16-13-6-4-3-5-10(12)13/h3-6,8-9,11,15H,7,14H2,1-2H3.